The van der Waals surface area contributed by atoms with Crippen LogP contribution < -0.4 is 9.46 Å². The van der Waals surface area contributed by atoms with Gasteiger partial charge in [-0.15, -0.1) is 0 Å². The minimum atomic E-state index is -3.93. The number of rotatable bonds is 6. The Labute approximate surface area is 165 Å². The van der Waals surface area contributed by atoms with E-state index in [1.165, 1.54) is 12.1 Å². The van der Waals surface area contributed by atoms with Gasteiger partial charge in [0.1, 0.15) is 5.69 Å². The van der Waals surface area contributed by atoms with E-state index in [2.05, 4.69) is 4.72 Å². The molecule has 0 spiro atoms. The highest BCUT2D eigenvalue weighted by atomic mass is 32.2. The minimum Gasteiger partial charge on any atom is -0.449 e. The molecule has 0 aliphatic heterocycles. The van der Waals surface area contributed by atoms with Crippen molar-refractivity contribution < 1.29 is 28.2 Å². The molecule has 0 aliphatic rings. The van der Waals surface area contributed by atoms with E-state index in [1.807, 2.05) is 0 Å². The van der Waals surface area contributed by atoms with Crippen molar-refractivity contribution in [1.29, 1.82) is 0 Å². The van der Waals surface area contributed by atoms with Crippen molar-refractivity contribution in [2.75, 3.05) is 4.72 Å². The van der Waals surface area contributed by atoms with Gasteiger partial charge in [-0.2, -0.15) is 0 Å². The summed E-state index contributed by atoms with van der Waals surface area (Å²) < 4.78 is 32.7. The maximum Gasteiger partial charge on any atom is 0.512 e. The fourth-order valence-corrected chi connectivity index (χ4v) is 4.90. The summed E-state index contributed by atoms with van der Waals surface area (Å²) in [5.74, 6) is 0. The van der Waals surface area contributed by atoms with Gasteiger partial charge in [0, 0.05) is 4.88 Å². The van der Waals surface area contributed by atoms with Crippen molar-refractivity contribution in [3.05, 3.63) is 65.7 Å². The summed E-state index contributed by atoms with van der Waals surface area (Å²) in [6, 6.07) is 15.0. The number of carbonyl (C=O) groups is 1. The number of aryl methyl sites for hydroxylation is 1. The second kappa shape index (κ2) is 8.01. The van der Waals surface area contributed by atoms with Crippen LogP contribution >= 0.6 is 11.3 Å². The number of aliphatic hydroxyl groups is 1. The van der Waals surface area contributed by atoms with Crippen LogP contribution in [0.3, 0.4) is 0 Å². The Balaban J connectivity index is 2.00. The van der Waals surface area contributed by atoms with Gasteiger partial charge < -0.3 is 14.9 Å². The molecule has 28 heavy (non-hydrogen) atoms. The number of anilines is 1. The fourth-order valence-electron chi connectivity index (χ4n) is 2.57. The molecule has 0 atom stereocenters. The highest BCUT2D eigenvalue weighted by Gasteiger charge is 2.22. The molecule has 9 heteroatoms. The van der Waals surface area contributed by atoms with Crippen molar-refractivity contribution in [2.45, 2.75) is 18.4 Å². The lowest BCUT2D eigenvalue weighted by Gasteiger charge is -2.10. The van der Waals surface area contributed by atoms with E-state index in [1.54, 1.807) is 49.4 Å². The summed E-state index contributed by atoms with van der Waals surface area (Å²) in [6.45, 7) is 1.57. The number of aliphatic hydroxyl groups excluding tert-OH is 1. The van der Waals surface area contributed by atoms with Gasteiger partial charge in [-0.3, -0.25) is 4.72 Å². The maximum absolute atomic E-state index is 12.8. The Kier molecular flexibility index (Phi) is 5.68. The molecule has 146 valence electrons. The Hall–Kier alpha value is -2.88. The molecule has 0 bridgehead atoms. The SMILES string of the molecule is Cc1ccccc1S(=O)(=O)Nc1cc(-c2ccc(CO)cc2)sc1OC(=O)O. The van der Waals surface area contributed by atoms with Crippen LogP contribution in [-0.2, 0) is 16.6 Å². The summed E-state index contributed by atoms with van der Waals surface area (Å²) >= 11 is 1.00. The molecule has 0 saturated carbocycles. The average Bonchev–Trinajstić information content (AvgIpc) is 3.03. The van der Waals surface area contributed by atoms with E-state index in [-0.39, 0.29) is 22.3 Å². The smallest absolute Gasteiger partial charge is 0.449 e. The van der Waals surface area contributed by atoms with E-state index < -0.39 is 16.2 Å². The topological polar surface area (TPSA) is 113 Å². The lowest BCUT2D eigenvalue weighted by Crippen LogP contribution is -2.15. The van der Waals surface area contributed by atoms with Gasteiger partial charge in [-0.05, 0) is 35.7 Å². The predicted octanol–water partition coefficient (Wildman–Crippen LogP) is 4.07. The maximum atomic E-state index is 12.8. The van der Waals surface area contributed by atoms with Crippen LogP contribution in [-0.4, -0.2) is 24.8 Å². The molecule has 1 aromatic heterocycles. The van der Waals surface area contributed by atoms with Crippen molar-refractivity contribution >= 4 is 33.2 Å². The Morgan fingerprint density at radius 1 is 1.14 bits per heavy atom. The van der Waals surface area contributed by atoms with Gasteiger partial charge in [0.05, 0.1) is 11.5 Å². The standard InChI is InChI=1S/C19H17NO6S2/c1-12-4-2-3-5-17(12)28(24,25)20-15-10-16(27-18(15)26-19(22)23)14-8-6-13(11-21)7-9-14/h2-10,20-21H,11H2,1H3,(H,22,23). The Morgan fingerprint density at radius 3 is 2.43 bits per heavy atom. The summed E-state index contributed by atoms with van der Waals surface area (Å²) in [4.78, 5) is 11.7. The van der Waals surface area contributed by atoms with Crippen molar-refractivity contribution in [3.8, 4) is 15.5 Å². The molecule has 3 N–H and O–H groups in total. The monoisotopic (exact) mass is 419 g/mol. The van der Waals surface area contributed by atoms with Crippen LogP contribution in [0.4, 0.5) is 10.5 Å². The number of thiophene rings is 1. The first-order valence-electron chi connectivity index (χ1n) is 8.13. The fraction of sp³-hybridized carbons (Fsp3) is 0.105. The van der Waals surface area contributed by atoms with E-state index in [0.29, 0.717) is 10.4 Å². The van der Waals surface area contributed by atoms with Crippen molar-refractivity contribution in [2.24, 2.45) is 0 Å². The molecule has 0 fully saturated rings. The molecule has 3 rings (SSSR count). The molecular weight excluding hydrogens is 402 g/mol. The summed E-state index contributed by atoms with van der Waals surface area (Å²) in [6.07, 6.45) is -1.54. The first-order valence-corrected chi connectivity index (χ1v) is 10.4. The van der Waals surface area contributed by atoms with Crippen molar-refractivity contribution in [1.82, 2.24) is 0 Å². The second-order valence-corrected chi connectivity index (χ2v) is 8.57. The number of hydrogen-bond acceptors (Lipinski definition) is 6. The van der Waals surface area contributed by atoms with Gasteiger partial charge in [0.15, 0.2) is 0 Å². The molecule has 1 heterocycles. The van der Waals surface area contributed by atoms with Crippen LogP contribution in [0.15, 0.2) is 59.5 Å². The number of nitrogens with one attached hydrogen (secondary N) is 1. The van der Waals surface area contributed by atoms with Gasteiger partial charge in [-0.25, -0.2) is 13.2 Å². The van der Waals surface area contributed by atoms with E-state index >= 15 is 0 Å². The Morgan fingerprint density at radius 2 is 1.82 bits per heavy atom. The van der Waals surface area contributed by atoms with Gasteiger partial charge in [0.2, 0.25) is 5.06 Å². The third-order valence-corrected chi connectivity index (χ3v) is 6.51. The highest BCUT2D eigenvalue weighted by molar-refractivity contribution is 7.92. The Bertz CT molecular complexity index is 1100. The molecule has 3 aromatic rings. The zero-order chi connectivity index (χ0) is 20.3. The highest BCUT2D eigenvalue weighted by Crippen LogP contribution is 2.42. The third kappa shape index (κ3) is 4.33. The summed E-state index contributed by atoms with van der Waals surface area (Å²) in [5, 5.41) is 18.0. The summed E-state index contributed by atoms with van der Waals surface area (Å²) in [5.41, 5.74) is 2.06. The van der Waals surface area contributed by atoms with Crippen LogP contribution in [0.5, 0.6) is 5.06 Å². The number of carboxylic acid groups (broad SMARTS) is 1. The molecule has 2 aromatic carbocycles. The van der Waals surface area contributed by atoms with Crippen LogP contribution in [0, 0.1) is 6.92 Å². The van der Waals surface area contributed by atoms with Crippen LogP contribution in [0.25, 0.3) is 10.4 Å². The number of sulfonamides is 1. The largest absolute Gasteiger partial charge is 0.512 e. The molecule has 0 radical (unpaired) electrons. The lowest BCUT2D eigenvalue weighted by molar-refractivity contribution is 0.146. The quantitative estimate of drug-likeness (QED) is 0.519. The van der Waals surface area contributed by atoms with Crippen molar-refractivity contribution in [3.63, 3.8) is 0 Å². The van der Waals surface area contributed by atoms with E-state index in [9.17, 15) is 13.2 Å². The number of ether oxygens (including phenoxy) is 1. The second-order valence-electron chi connectivity index (χ2n) is 5.91. The summed E-state index contributed by atoms with van der Waals surface area (Å²) in [7, 11) is -3.93. The minimum absolute atomic E-state index is 0.0388. The number of benzene rings is 2. The first kappa shape index (κ1) is 19.9. The molecule has 7 nitrogen and oxygen atoms in total. The number of hydrogen-bond donors (Lipinski definition) is 3. The van der Waals surface area contributed by atoms with Gasteiger partial charge in [-0.1, -0.05) is 53.8 Å². The van der Waals surface area contributed by atoms with Crippen LogP contribution in [0.2, 0.25) is 0 Å². The molecular formula is C19H17NO6S2. The zero-order valence-corrected chi connectivity index (χ0v) is 16.4. The zero-order valence-electron chi connectivity index (χ0n) is 14.7. The molecule has 0 saturated heterocycles. The van der Waals surface area contributed by atoms with E-state index in [0.717, 1.165) is 22.5 Å². The van der Waals surface area contributed by atoms with Gasteiger partial charge in [0.25, 0.3) is 10.0 Å². The van der Waals surface area contributed by atoms with E-state index in [4.69, 9.17) is 14.9 Å². The molecule has 0 aliphatic carbocycles. The van der Waals surface area contributed by atoms with Crippen LogP contribution in [0.1, 0.15) is 11.1 Å². The normalized spacial score (nSPS) is 11.2. The predicted molar refractivity (Wildman–Crippen MR) is 106 cm³/mol. The lowest BCUT2D eigenvalue weighted by atomic mass is 10.1. The molecule has 0 amide bonds. The van der Waals surface area contributed by atoms with Gasteiger partial charge >= 0.3 is 6.16 Å². The average molecular weight is 419 g/mol. The molecule has 0 unspecified atom stereocenters. The third-order valence-electron chi connectivity index (χ3n) is 3.93. The first-order chi connectivity index (χ1) is 13.3.